The predicted molar refractivity (Wildman–Crippen MR) is 120 cm³/mol. The first-order valence-corrected chi connectivity index (χ1v) is 11.7. The lowest BCUT2D eigenvalue weighted by Crippen LogP contribution is -2.41. The Morgan fingerprint density at radius 3 is 2.22 bits per heavy atom. The van der Waals surface area contributed by atoms with E-state index in [0.29, 0.717) is 18.1 Å². The molecule has 0 aliphatic carbocycles. The molecule has 0 fully saturated rings. The topological polar surface area (TPSA) is 123 Å². The predicted octanol–water partition coefficient (Wildman–Crippen LogP) is 2.64. The lowest BCUT2D eigenvalue weighted by atomic mass is 10.2. The van der Waals surface area contributed by atoms with E-state index in [4.69, 9.17) is 9.47 Å². The molecule has 0 aliphatic heterocycles. The van der Waals surface area contributed by atoms with Crippen molar-refractivity contribution in [2.75, 3.05) is 13.7 Å². The molecule has 0 aliphatic rings. The number of unbranched alkanes of at least 4 members (excludes halogenated alkanes) is 1. The van der Waals surface area contributed by atoms with Crippen LogP contribution in [0, 0.1) is 0 Å². The first kappa shape index (κ1) is 25.2. The van der Waals surface area contributed by atoms with Crippen LogP contribution in [0.25, 0.3) is 0 Å². The molecule has 2 aromatic carbocycles. The molecule has 3 N–H and O–H groups in total. The van der Waals surface area contributed by atoms with Gasteiger partial charge in [0.05, 0.1) is 18.6 Å². The summed E-state index contributed by atoms with van der Waals surface area (Å²) in [4.78, 5) is 24.8. The summed E-state index contributed by atoms with van der Waals surface area (Å²) in [7, 11) is -2.28. The number of amides is 2. The number of rotatable bonds is 10. The Bertz CT molecular complexity index is 1050. The second kappa shape index (κ2) is 11.5. The third-order valence-electron chi connectivity index (χ3n) is 4.27. The molecule has 2 amide bonds. The summed E-state index contributed by atoms with van der Waals surface area (Å²) in [6.07, 6.45) is 1.89. The van der Waals surface area contributed by atoms with Crippen molar-refractivity contribution in [3.05, 3.63) is 53.6 Å². The van der Waals surface area contributed by atoms with Gasteiger partial charge in [-0.25, -0.2) is 13.1 Å². The summed E-state index contributed by atoms with van der Waals surface area (Å²) in [6, 6.07) is 9.91. The highest BCUT2D eigenvalue weighted by molar-refractivity contribution is 7.89. The molecule has 0 atom stereocenters. The van der Waals surface area contributed by atoms with Crippen LogP contribution in [0.1, 0.15) is 54.3 Å². The summed E-state index contributed by atoms with van der Waals surface area (Å²) in [5.41, 5.74) is 4.93. The van der Waals surface area contributed by atoms with Crippen LogP contribution in [0.2, 0.25) is 0 Å². The van der Waals surface area contributed by atoms with Gasteiger partial charge in [0.2, 0.25) is 10.0 Å². The van der Waals surface area contributed by atoms with Crippen molar-refractivity contribution >= 4 is 21.8 Å². The van der Waals surface area contributed by atoms with Gasteiger partial charge >= 0.3 is 0 Å². The van der Waals surface area contributed by atoms with Crippen molar-refractivity contribution in [1.29, 1.82) is 0 Å². The molecule has 32 heavy (non-hydrogen) atoms. The average molecular weight is 464 g/mol. The molecule has 0 aromatic heterocycles. The lowest BCUT2D eigenvalue weighted by Gasteiger charge is -2.13. The van der Waals surface area contributed by atoms with Crippen molar-refractivity contribution in [3.63, 3.8) is 0 Å². The highest BCUT2D eigenvalue weighted by Gasteiger charge is 2.18. The van der Waals surface area contributed by atoms with Gasteiger partial charge in [0.15, 0.2) is 11.5 Å². The standard InChI is InChI=1S/C22H29N3O6S/c1-5-6-12-31-19-11-10-17(14-20(19)30-4)22(27)24-23-21(26)16-8-7-9-18(13-16)32(28,29)25-15(2)3/h7-11,13-15,25H,5-6,12H2,1-4H3,(H,23,26)(H,24,27). The second-order valence-electron chi connectivity index (χ2n) is 7.28. The zero-order chi connectivity index (χ0) is 23.7. The lowest BCUT2D eigenvalue weighted by molar-refractivity contribution is 0.0846. The maximum Gasteiger partial charge on any atom is 0.269 e. The van der Waals surface area contributed by atoms with E-state index in [2.05, 4.69) is 22.5 Å². The Morgan fingerprint density at radius 2 is 1.62 bits per heavy atom. The number of nitrogens with one attached hydrogen (secondary N) is 3. The molecule has 0 unspecified atom stereocenters. The number of methoxy groups -OCH3 is 1. The van der Waals surface area contributed by atoms with E-state index in [1.54, 1.807) is 26.0 Å². The summed E-state index contributed by atoms with van der Waals surface area (Å²) in [5.74, 6) is -0.307. The van der Waals surface area contributed by atoms with Crippen LogP contribution in [-0.4, -0.2) is 40.0 Å². The van der Waals surface area contributed by atoms with E-state index in [1.807, 2.05) is 0 Å². The van der Waals surface area contributed by atoms with Gasteiger partial charge in [-0.1, -0.05) is 19.4 Å². The third kappa shape index (κ3) is 6.96. The van der Waals surface area contributed by atoms with Gasteiger partial charge in [-0.2, -0.15) is 0 Å². The smallest absolute Gasteiger partial charge is 0.269 e. The number of sulfonamides is 1. The maximum absolute atomic E-state index is 12.4. The van der Waals surface area contributed by atoms with Crippen LogP contribution in [0.15, 0.2) is 47.4 Å². The molecular weight excluding hydrogens is 434 g/mol. The monoisotopic (exact) mass is 463 g/mol. The van der Waals surface area contributed by atoms with Crippen molar-refractivity contribution in [3.8, 4) is 11.5 Å². The largest absolute Gasteiger partial charge is 0.493 e. The Labute approximate surface area is 188 Å². The zero-order valence-electron chi connectivity index (χ0n) is 18.6. The van der Waals surface area contributed by atoms with E-state index in [9.17, 15) is 18.0 Å². The normalized spacial score (nSPS) is 11.2. The van der Waals surface area contributed by atoms with Crippen LogP contribution >= 0.6 is 0 Å². The minimum absolute atomic E-state index is 0.0476. The van der Waals surface area contributed by atoms with Gasteiger partial charge in [-0.15, -0.1) is 0 Å². The van der Waals surface area contributed by atoms with E-state index >= 15 is 0 Å². The molecule has 2 rings (SSSR count). The molecule has 0 radical (unpaired) electrons. The fraction of sp³-hybridized carbons (Fsp3) is 0.364. The number of ether oxygens (including phenoxy) is 2. The van der Waals surface area contributed by atoms with E-state index in [1.165, 1.54) is 37.4 Å². The highest BCUT2D eigenvalue weighted by atomic mass is 32.2. The Morgan fingerprint density at radius 1 is 0.969 bits per heavy atom. The molecule has 2 aromatic rings. The fourth-order valence-corrected chi connectivity index (χ4v) is 3.99. The first-order valence-electron chi connectivity index (χ1n) is 10.2. The molecule has 0 bridgehead atoms. The van der Waals surface area contributed by atoms with Gasteiger partial charge in [-0.3, -0.25) is 20.4 Å². The van der Waals surface area contributed by atoms with Gasteiger partial charge in [-0.05, 0) is 56.7 Å². The fourth-order valence-electron chi connectivity index (χ4n) is 2.70. The van der Waals surface area contributed by atoms with Gasteiger partial charge in [0, 0.05) is 17.2 Å². The van der Waals surface area contributed by atoms with Gasteiger partial charge in [0.1, 0.15) is 0 Å². The molecule has 0 saturated carbocycles. The Balaban J connectivity index is 2.05. The number of carbonyl (C=O) groups is 2. The molecule has 0 saturated heterocycles. The minimum atomic E-state index is -3.75. The molecule has 0 heterocycles. The van der Waals surface area contributed by atoms with E-state index in [-0.39, 0.29) is 22.1 Å². The van der Waals surface area contributed by atoms with Crippen LogP contribution in [0.4, 0.5) is 0 Å². The van der Waals surface area contributed by atoms with Crippen molar-refractivity contribution in [2.45, 2.75) is 44.6 Å². The summed E-state index contributed by atoms with van der Waals surface area (Å²) in [6.45, 7) is 5.99. The maximum atomic E-state index is 12.4. The number of carbonyl (C=O) groups excluding carboxylic acids is 2. The summed E-state index contributed by atoms with van der Waals surface area (Å²) < 4.78 is 38.0. The number of benzene rings is 2. The quantitative estimate of drug-likeness (QED) is 0.368. The SMILES string of the molecule is CCCCOc1ccc(C(=O)NNC(=O)c2cccc(S(=O)(=O)NC(C)C)c2)cc1OC. The Kier molecular flexibility index (Phi) is 9.03. The molecular formula is C22H29N3O6S. The van der Waals surface area contributed by atoms with Crippen molar-refractivity contribution in [2.24, 2.45) is 0 Å². The molecule has 10 heteroatoms. The Hall–Kier alpha value is -3.11. The minimum Gasteiger partial charge on any atom is -0.493 e. The number of hydrazine groups is 1. The summed E-state index contributed by atoms with van der Waals surface area (Å²) >= 11 is 0. The zero-order valence-corrected chi connectivity index (χ0v) is 19.4. The van der Waals surface area contributed by atoms with E-state index < -0.39 is 21.8 Å². The third-order valence-corrected chi connectivity index (χ3v) is 5.92. The molecule has 9 nitrogen and oxygen atoms in total. The highest BCUT2D eigenvalue weighted by Crippen LogP contribution is 2.28. The van der Waals surface area contributed by atoms with Crippen LogP contribution in [-0.2, 0) is 10.0 Å². The number of hydrogen-bond donors (Lipinski definition) is 3. The summed E-state index contributed by atoms with van der Waals surface area (Å²) in [5, 5.41) is 0. The molecule has 0 spiro atoms. The van der Waals surface area contributed by atoms with Gasteiger partial charge in [0.25, 0.3) is 11.8 Å². The first-order chi connectivity index (χ1) is 15.2. The number of hydrogen-bond acceptors (Lipinski definition) is 6. The molecule has 174 valence electrons. The van der Waals surface area contributed by atoms with Crippen LogP contribution < -0.4 is 25.0 Å². The van der Waals surface area contributed by atoms with Crippen LogP contribution in [0.5, 0.6) is 11.5 Å². The van der Waals surface area contributed by atoms with Crippen LogP contribution in [0.3, 0.4) is 0 Å². The van der Waals surface area contributed by atoms with Gasteiger partial charge < -0.3 is 9.47 Å². The average Bonchev–Trinajstić information content (AvgIpc) is 2.76. The van der Waals surface area contributed by atoms with Crippen molar-refractivity contribution < 1.29 is 27.5 Å². The second-order valence-corrected chi connectivity index (χ2v) is 8.99. The van der Waals surface area contributed by atoms with E-state index in [0.717, 1.165) is 12.8 Å². The van der Waals surface area contributed by atoms with Crippen molar-refractivity contribution in [1.82, 2.24) is 15.6 Å².